The maximum atomic E-state index is 14.3. The predicted molar refractivity (Wildman–Crippen MR) is 136 cm³/mol. The SMILES string of the molecule is O=C(NC1CCC(F)(F)CC1)C(c1cncc(F)c1)N(C(=O)C1CC(O)CN1)c1ccc(C2(C(F)(F)F)CC2)cc1. The molecule has 222 valence electrons. The van der Waals surface area contributed by atoms with Crippen molar-refractivity contribution >= 4 is 17.5 Å². The molecule has 2 amide bonds. The number of halogens is 6. The van der Waals surface area contributed by atoms with Crippen molar-refractivity contribution in [1.82, 2.24) is 15.6 Å². The summed E-state index contributed by atoms with van der Waals surface area (Å²) in [6, 6.07) is 3.04. The van der Waals surface area contributed by atoms with E-state index in [2.05, 4.69) is 15.6 Å². The van der Waals surface area contributed by atoms with Crippen LogP contribution in [0.25, 0.3) is 0 Å². The summed E-state index contributed by atoms with van der Waals surface area (Å²) in [6.07, 6.45) is -4.21. The van der Waals surface area contributed by atoms with Crippen molar-refractivity contribution in [3.63, 3.8) is 0 Å². The van der Waals surface area contributed by atoms with Gasteiger partial charge in [-0.15, -0.1) is 0 Å². The van der Waals surface area contributed by atoms with E-state index in [1.807, 2.05) is 0 Å². The number of rotatable bonds is 7. The number of amides is 2. The van der Waals surface area contributed by atoms with Crippen molar-refractivity contribution in [3.05, 3.63) is 59.7 Å². The molecule has 0 spiro atoms. The highest BCUT2D eigenvalue weighted by atomic mass is 19.4. The molecule has 2 aliphatic carbocycles. The Morgan fingerprint density at radius 3 is 2.27 bits per heavy atom. The second-order valence-electron chi connectivity index (χ2n) is 11.2. The molecular formula is C28H30F6N4O3. The van der Waals surface area contributed by atoms with Gasteiger partial charge >= 0.3 is 6.18 Å². The molecule has 3 unspecified atom stereocenters. The number of carbonyl (C=O) groups excluding carboxylic acids is 2. The van der Waals surface area contributed by atoms with E-state index in [1.165, 1.54) is 30.5 Å². The highest BCUT2D eigenvalue weighted by Gasteiger charge is 2.64. The molecule has 5 rings (SSSR count). The Bertz CT molecular complexity index is 1270. The molecule has 41 heavy (non-hydrogen) atoms. The molecule has 13 heteroatoms. The van der Waals surface area contributed by atoms with E-state index in [4.69, 9.17) is 0 Å². The van der Waals surface area contributed by atoms with Crippen LogP contribution in [0.2, 0.25) is 0 Å². The van der Waals surface area contributed by atoms with E-state index in [0.717, 1.165) is 17.2 Å². The second-order valence-corrected chi connectivity index (χ2v) is 11.2. The first-order chi connectivity index (χ1) is 19.3. The van der Waals surface area contributed by atoms with Crippen LogP contribution in [0, 0.1) is 5.82 Å². The summed E-state index contributed by atoms with van der Waals surface area (Å²) < 4.78 is 83.0. The average Bonchev–Trinajstić information content (AvgIpc) is 3.63. The molecule has 2 heterocycles. The lowest BCUT2D eigenvalue weighted by Gasteiger charge is -2.35. The lowest BCUT2D eigenvalue weighted by Crippen LogP contribution is -2.52. The molecule has 1 aliphatic heterocycles. The zero-order valence-electron chi connectivity index (χ0n) is 21.9. The summed E-state index contributed by atoms with van der Waals surface area (Å²) in [5.74, 6) is -5.10. The van der Waals surface area contributed by atoms with Gasteiger partial charge in [-0.3, -0.25) is 19.5 Å². The highest BCUT2D eigenvalue weighted by Crippen LogP contribution is 2.59. The number of aliphatic hydroxyl groups is 1. The summed E-state index contributed by atoms with van der Waals surface area (Å²) >= 11 is 0. The van der Waals surface area contributed by atoms with E-state index in [1.54, 1.807) is 0 Å². The first-order valence-corrected chi connectivity index (χ1v) is 13.5. The van der Waals surface area contributed by atoms with Crippen LogP contribution in [-0.2, 0) is 15.0 Å². The standard InChI is InChI=1S/C28H30F6N4O3/c29-18-11-16(13-35-14-18)23(24(40)37-19-5-7-27(30,31)8-6-19)38(25(41)22-12-21(39)15-36-22)20-3-1-17(2-4-20)26(9-10-26)28(32,33)34/h1-4,11,13-14,19,21-23,36,39H,5-10,12,15H2,(H,37,40). The average molecular weight is 585 g/mol. The fourth-order valence-electron chi connectivity index (χ4n) is 5.74. The molecule has 1 aromatic heterocycles. The molecule has 3 atom stereocenters. The minimum absolute atomic E-state index is 0.00853. The number of aromatic nitrogens is 1. The Balaban J connectivity index is 1.53. The number of hydrogen-bond acceptors (Lipinski definition) is 5. The second kappa shape index (κ2) is 10.9. The Morgan fingerprint density at radius 1 is 1.07 bits per heavy atom. The lowest BCUT2D eigenvalue weighted by molar-refractivity contribution is -0.160. The van der Waals surface area contributed by atoms with Crippen molar-refractivity contribution in [3.8, 4) is 0 Å². The molecule has 2 aromatic rings. The minimum atomic E-state index is -4.46. The molecule has 2 saturated carbocycles. The molecule has 7 nitrogen and oxygen atoms in total. The molecule has 3 aliphatic rings. The number of anilines is 1. The van der Waals surface area contributed by atoms with Gasteiger partial charge < -0.3 is 15.7 Å². The molecule has 0 bridgehead atoms. The molecule has 1 aromatic carbocycles. The van der Waals surface area contributed by atoms with Crippen molar-refractivity contribution in [2.45, 2.75) is 86.7 Å². The van der Waals surface area contributed by atoms with Gasteiger partial charge in [0.15, 0.2) is 0 Å². The van der Waals surface area contributed by atoms with Crippen molar-refractivity contribution in [2.24, 2.45) is 0 Å². The van der Waals surface area contributed by atoms with Crippen LogP contribution in [0.15, 0.2) is 42.7 Å². The summed E-state index contributed by atoms with van der Waals surface area (Å²) in [6.45, 7) is 0.103. The van der Waals surface area contributed by atoms with E-state index in [-0.39, 0.29) is 55.5 Å². The van der Waals surface area contributed by atoms with E-state index < -0.39 is 72.2 Å². The number of benzene rings is 1. The summed E-state index contributed by atoms with van der Waals surface area (Å²) in [5, 5.41) is 15.6. The van der Waals surface area contributed by atoms with Gasteiger partial charge in [-0.25, -0.2) is 13.2 Å². The first-order valence-electron chi connectivity index (χ1n) is 13.5. The van der Waals surface area contributed by atoms with Gasteiger partial charge in [0.1, 0.15) is 11.9 Å². The number of carbonyl (C=O) groups is 2. The number of alkyl halides is 5. The van der Waals surface area contributed by atoms with Gasteiger partial charge in [0.2, 0.25) is 17.7 Å². The fraction of sp³-hybridized carbons (Fsp3) is 0.536. The number of β-amino-alcohol motifs (C(OH)–C–C–N with tert-alkyl or cyclic N) is 1. The topological polar surface area (TPSA) is 94.6 Å². The number of hydrogen-bond donors (Lipinski definition) is 3. The fourth-order valence-corrected chi connectivity index (χ4v) is 5.74. The van der Waals surface area contributed by atoms with Gasteiger partial charge in [-0.05, 0) is 55.9 Å². The molecule has 3 fully saturated rings. The van der Waals surface area contributed by atoms with E-state index in [9.17, 15) is 41.0 Å². The maximum absolute atomic E-state index is 14.3. The Morgan fingerprint density at radius 2 is 1.73 bits per heavy atom. The zero-order chi connectivity index (χ0) is 29.6. The molecule has 0 radical (unpaired) electrons. The number of nitrogens with zero attached hydrogens (tertiary/aromatic N) is 2. The van der Waals surface area contributed by atoms with Crippen LogP contribution >= 0.6 is 0 Å². The van der Waals surface area contributed by atoms with Crippen molar-refractivity contribution in [2.75, 3.05) is 11.4 Å². The lowest BCUT2D eigenvalue weighted by atomic mass is 9.91. The maximum Gasteiger partial charge on any atom is 0.398 e. The number of pyridine rings is 1. The van der Waals surface area contributed by atoms with Gasteiger partial charge in [-0.1, -0.05) is 12.1 Å². The monoisotopic (exact) mass is 584 g/mol. The first kappa shape index (κ1) is 29.3. The molecule has 3 N–H and O–H groups in total. The Hall–Kier alpha value is -3.19. The molecular weight excluding hydrogens is 554 g/mol. The van der Waals surface area contributed by atoms with Crippen LogP contribution in [0.1, 0.15) is 62.1 Å². The third-order valence-corrected chi connectivity index (χ3v) is 8.25. The van der Waals surface area contributed by atoms with Gasteiger partial charge in [0.25, 0.3) is 0 Å². The zero-order valence-corrected chi connectivity index (χ0v) is 21.9. The largest absolute Gasteiger partial charge is 0.398 e. The van der Waals surface area contributed by atoms with E-state index >= 15 is 0 Å². The van der Waals surface area contributed by atoms with Crippen LogP contribution in [0.5, 0.6) is 0 Å². The molecule has 1 saturated heterocycles. The quantitative estimate of drug-likeness (QED) is 0.422. The Labute approximate surface area is 232 Å². The van der Waals surface area contributed by atoms with Gasteiger partial charge in [-0.2, -0.15) is 13.2 Å². The van der Waals surface area contributed by atoms with Crippen LogP contribution in [-0.4, -0.2) is 58.7 Å². The number of nitrogens with one attached hydrogen (secondary N) is 2. The van der Waals surface area contributed by atoms with Crippen LogP contribution < -0.4 is 15.5 Å². The summed E-state index contributed by atoms with van der Waals surface area (Å²) in [7, 11) is 0. The smallest absolute Gasteiger partial charge is 0.392 e. The van der Waals surface area contributed by atoms with Gasteiger partial charge in [0, 0.05) is 42.9 Å². The predicted octanol–water partition coefficient (Wildman–Crippen LogP) is 4.31. The van der Waals surface area contributed by atoms with Crippen LogP contribution in [0.3, 0.4) is 0 Å². The third kappa shape index (κ3) is 6.06. The van der Waals surface area contributed by atoms with Crippen LogP contribution in [0.4, 0.5) is 32.0 Å². The minimum Gasteiger partial charge on any atom is -0.392 e. The summed E-state index contributed by atoms with van der Waals surface area (Å²) in [4.78, 5) is 32.6. The number of aliphatic hydroxyl groups excluding tert-OH is 1. The Kier molecular flexibility index (Phi) is 7.79. The van der Waals surface area contributed by atoms with Gasteiger partial charge in [0.05, 0.1) is 23.8 Å². The highest BCUT2D eigenvalue weighted by molar-refractivity contribution is 6.04. The van der Waals surface area contributed by atoms with Crippen molar-refractivity contribution in [1.29, 1.82) is 0 Å². The summed E-state index contributed by atoms with van der Waals surface area (Å²) in [5.41, 5.74) is -1.90. The third-order valence-electron chi connectivity index (χ3n) is 8.25. The van der Waals surface area contributed by atoms with Crippen molar-refractivity contribution < 1.29 is 41.0 Å². The normalized spacial score (nSPS) is 24.5. The van der Waals surface area contributed by atoms with E-state index in [0.29, 0.717) is 0 Å².